The van der Waals surface area contributed by atoms with E-state index in [1.54, 1.807) is 24.6 Å². The molecule has 120 valence electrons. The van der Waals surface area contributed by atoms with Crippen LogP contribution in [0, 0.1) is 6.92 Å². The first kappa shape index (κ1) is 16.5. The summed E-state index contributed by atoms with van der Waals surface area (Å²) in [6.45, 7) is 7.85. The normalized spacial score (nSPS) is 12.0. The van der Waals surface area contributed by atoms with E-state index >= 15 is 0 Å². The van der Waals surface area contributed by atoms with Gasteiger partial charge in [-0.15, -0.1) is 11.3 Å². The molecule has 0 aliphatic rings. The predicted molar refractivity (Wildman–Crippen MR) is 91.3 cm³/mol. The van der Waals surface area contributed by atoms with Gasteiger partial charge in [0.1, 0.15) is 10.8 Å². The minimum Gasteiger partial charge on any atom is -0.467 e. The van der Waals surface area contributed by atoms with Crippen LogP contribution in [0.2, 0.25) is 0 Å². The van der Waals surface area contributed by atoms with Crippen LogP contribution in [0.3, 0.4) is 0 Å². The summed E-state index contributed by atoms with van der Waals surface area (Å²) in [5.74, 6) is 2.21. The van der Waals surface area contributed by atoms with Crippen LogP contribution in [0.15, 0.2) is 27.8 Å². The number of rotatable bonds is 5. The van der Waals surface area contributed by atoms with Crippen molar-refractivity contribution in [2.24, 2.45) is 4.99 Å². The van der Waals surface area contributed by atoms with E-state index in [9.17, 15) is 0 Å². The third-order valence-electron chi connectivity index (χ3n) is 3.37. The van der Waals surface area contributed by atoms with Crippen molar-refractivity contribution in [3.63, 3.8) is 0 Å². The number of hydrogen-bond acceptors (Lipinski definition) is 4. The summed E-state index contributed by atoms with van der Waals surface area (Å²) in [5.41, 5.74) is 1.20. The van der Waals surface area contributed by atoms with E-state index in [4.69, 9.17) is 9.40 Å². The molecule has 0 aliphatic carbocycles. The number of aromatic nitrogens is 1. The summed E-state index contributed by atoms with van der Waals surface area (Å²) in [6, 6.07) is 3.86. The van der Waals surface area contributed by atoms with Crippen LogP contribution in [0.1, 0.15) is 41.1 Å². The van der Waals surface area contributed by atoms with Crippen molar-refractivity contribution in [2.75, 3.05) is 14.1 Å². The maximum Gasteiger partial charge on any atom is 0.194 e. The second-order valence-corrected chi connectivity index (χ2v) is 6.83. The van der Waals surface area contributed by atoms with E-state index in [0.29, 0.717) is 19.0 Å². The average Bonchev–Trinajstić information content (AvgIpc) is 3.09. The molecule has 0 saturated carbocycles. The quantitative estimate of drug-likeness (QED) is 0.678. The van der Waals surface area contributed by atoms with E-state index in [2.05, 4.69) is 31.1 Å². The number of aryl methyl sites for hydroxylation is 1. The second-order valence-electron chi connectivity index (χ2n) is 5.54. The molecule has 0 spiro atoms. The average molecular weight is 320 g/mol. The highest BCUT2D eigenvalue weighted by atomic mass is 32.1. The fourth-order valence-electron chi connectivity index (χ4n) is 2.33. The molecule has 2 heterocycles. The van der Waals surface area contributed by atoms with Crippen molar-refractivity contribution >= 4 is 17.3 Å². The Balaban J connectivity index is 1.95. The van der Waals surface area contributed by atoms with Gasteiger partial charge in [0.25, 0.3) is 0 Å². The predicted octanol–water partition coefficient (Wildman–Crippen LogP) is 3.38. The summed E-state index contributed by atoms with van der Waals surface area (Å²) >= 11 is 1.75. The Hall–Kier alpha value is -1.82. The highest BCUT2D eigenvalue weighted by molar-refractivity contribution is 7.11. The maximum absolute atomic E-state index is 5.37. The molecule has 2 aromatic heterocycles. The third-order valence-corrected chi connectivity index (χ3v) is 4.35. The van der Waals surface area contributed by atoms with E-state index in [0.717, 1.165) is 16.7 Å². The first-order valence-corrected chi connectivity index (χ1v) is 8.23. The van der Waals surface area contributed by atoms with Crippen molar-refractivity contribution in [2.45, 2.75) is 39.8 Å². The lowest BCUT2D eigenvalue weighted by Crippen LogP contribution is -2.37. The van der Waals surface area contributed by atoms with Crippen LogP contribution in [0.4, 0.5) is 0 Å². The zero-order valence-electron chi connectivity index (χ0n) is 13.9. The van der Waals surface area contributed by atoms with Gasteiger partial charge in [0.2, 0.25) is 0 Å². The lowest BCUT2D eigenvalue weighted by molar-refractivity contribution is 0.400. The fraction of sp³-hybridized carbons (Fsp3) is 0.500. The molecule has 0 saturated heterocycles. The molecule has 2 rings (SSSR count). The van der Waals surface area contributed by atoms with Gasteiger partial charge in [-0.2, -0.15) is 0 Å². The summed E-state index contributed by atoms with van der Waals surface area (Å²) in [6.07, 6.45) is 1.69. The molecule has 0 unspecified atom stereocenters. The van der Waals surface area contributed by atoms with Crippen LogP contribution in [-0.2, 0) is 13.1 Å². The molecule has 6 heteroatoms. The molecule has 0 radical (unpaired) electrons. The smallest absolute Gasteiger partial charge is 0.194 e. The van der Waals surface area contributed by atoms with E-state index in [-0.39, 0.29) is 0 Å². The standard InChI is InChI=1S/C16H24N4OS/c1-11(2)15-12(3)22-14(19-15)9-18-16(17-4)20(5)10-13-7-6-8-21-13/h6-8,11H,9-10H2,1-5H3,(H,17,18). The number of nitrogens with one attached hydrogen (secondary N) is 1. The molecule has 1 N–H and O–H groups in total. The van der Waals surface area contributed by atoms with Gasteiger partial charge in [-0.3, -0.25) is 4.99 Å². The van der Waals surface area contributed by atoms with Gasteiger partial charge in [0.15, 0.2) is 5.96 Å². The maximum atomic E-state index is 5.37. The van der Waals surface area contributed by atoms with Crippen molar-refractivity contribution in [3.05, 3.63) is 39.7 Å². The molecule has 5 nitrogen and oxygen atoms in total. The molecule has 0 aliphatic heterocycles. The van der Waals surface area contributed by atoms with Crippen molar-refractivity contribution in [3.8, 4) is 0 Å². The summed E-state index contributed by atoms with van der Waals surface area (Å²) in [4.78, 5) is 12.4. The van der Waals surface area contributed by atoms with E-state index < -0.39 is 0 Å². The Labute approximate surface area is 136 Å². The van der Waals surface area contributed by atoms with Gasteiger partial charge in [0, 0.05) is 19.0 Å². The van der Waals surface area contributed by atoms with Gasteiger partial charge in [-0.05, 0) is 25.0 Å². The number of guanidine groups is 1. The lowest BCUT2D eigenvalue weighted by atomic mass is 10.1. The van der Waals surface area contributed by atoms with Crippen LogP contribution in [0.5, 0.6) is 0 Å². The zero-order chi connectivity index (χ0) is 16.1. The van der Waals surface area contributed by atoms with E-state index in [1.807, 2.05) is 24.1 Å². The van der Waals surface area contributed by atoms with Gasteiger partial charge in [0.05, 0.1) is 25.0 Å². The van der Waals surface area contributed by atoms with Crippen LogP contribution in [-0.4, -0.2) is 29.9 Å². The number of aliphatic imine (C=N–C) groups is 1. The van der Waals surface area contributed by atoms with Crippen molar-refractivity contribution < 1.29 is 4.42 Å². The van der Waals surface area contributed by atoms with Gasteiger partial charge in [-0.25, -0.2) is 4.98 Å². The SMILES string of the molecule is CN=C(NCc1nc(C(C)C)c(C)s1)N(C)Cc1ccco1. The molecular weight excluding hydrogens is 296 g/mol. The van der Waals surface area contributed by atoms with Crippen molar-refractivity contribution in [1.29, 1.82) is 0 Å². The van der Waals surface area contributed by atoms with Gasteiger partial charge >= 0.3 is 0 Å². The zero-order valence-corrected chi connectivity index (χ0v) is 14.7. The highest BCUT2D eigenvalue weighted by Gasteiger charge is 2.12. The molecule has 0 amide bonds. The Morgan fingerprint density at radius 2 is 2.27 bits per heavy atom. The first-order chi connectivity index (χ1) is 10.5. The third kappa shape index (κ3) is 4.10. The van der Waals surface area contributed by atoms with Crippen LogP contribution in [0.25, 0.3) is 0 Å². The van der Waals surface area contributed by atoms with Crippen LogP contribution < -0.4 is 5.32 Å². The lowest BCUT2D eigenvalue weighted by Gasteiger charge is -2.20. The Morgan fingerprint density at radius 3 is 2.82 bits per heavy atom. The Bertz CT molecular complexity index is 616. The largest absolute Gasteiger partial charge is 0.467 e. The highest BCUT2D eigenvalue weighted by Crippen LogP contribution is 2.23. The molecule has 22 heavy (non-hydrogen) atoms. The summed E-state index contributed by atoms with van der Waals surface area (Å²) in [5, 5.41) is 4.45. The summed E-state index contributed by atoms with van der Waals surface area (Å²) < 4.78 is 5.37. The minimum atomic E-state index is 0.464. The summed E-state index contributed by atoms with van der Waals surface area (Å²) in [7, 11) is 3.78. The number of thiazole rings is 1. The minimum absolute atomic E-state index is 0.464. The van der Waals surface area contributed by atoms with Crippen LogP contribution >= 0.6 is 11.3 Å². The molecule has 0 atom stereocenters. The van der Waals surface area contributed by atoms with Gasteiger partial charge < -0.3 is 14.6 Å². The number of furan rings is 1. The fourth-order valence-corrected chi connectivity index (χ4v) is 3.35. The molecule has 0 bridgehead atoms. The van der Waals surface area contributed by atoms with E-state index in [1.165, 1.54) is 10.6 Å². The first-order valence-electron chi connectivity index (χ1n) is 7.41. The topological polar surface area (TPSA) is 53.7 Å². The Morgan fingerprint density at radius 1 is 1.50 bits per heavy atom. The Kier molecular flexibility index (Phi) is 5.60. The monoisotopic (exact) mass is 320 g/mol. The molecular formula is C16H24N4OS. The molecule has 0 fully saturated rings. The van der Waals surface area contributed by atoms with Crippen molar-refractivity contribution in [1.82, 2.24) is 15.2 Å². The second kappa shape index (κ2) is 7.45. The molecule has 2 aromatic rings. The number of hydrogen-bond donors (Lipinski definition) is 1. The number of nitrogens with zero attached hydrogens (tertiary/aromatic N) is 3. The van der Waals surface area contributed by atoms with Gasteiger partial charge in [-0.1, -0.05) is 13.8 Å². The molecule has 0 aromatic carbocycles.